The number of hydrogen-bond donors (Lipinski definition) is 0. The molecular formula is C14H20N2O2. The highest BCUT2D eigenvalue weighted by Crippen LogP contribution is 2.29. The maximum absolute atomic E-state index is 5.62. The van der Waals surface area contributed by atoms with Gasteiger partial charge in [-0.05, 0) is 43.6 Å². The molecule has 0 aliphatic heterocycles. The van der Waals surface area contributed by atoms with Gasteiger partial charge in [-0.25, -0.2) is 9.97 Å². The first-order chi connectivity index (χ1) is 8.90. The zero-order chi connectivity index (χ0) is 12.2. The molecule has 0 saturated heterocycles. The first kappa shape index (κ1) is 12.1. The number of aromatic nitrogens is 2. The van der Waals surface area contributed by atoms with Gasteiger partial charge in [0.25, 0.3) is 0 Å². The van der Waals surface area contributed by atoms with Gasteiger partial charge in [0.05, 0.1) is 12.3 Å². The fraction of sp³-hybridized carbons (Fsp3) is 0.714. The summed E-state index contributed by atoms with van der Waals surface area (Å²) in [5.41, 5.74) is 0.954. The molecule has 0 spiro atoms. The quantitative estimate of drug-likeness (QED) is 0.708. The Morgan fingerprint density at radius 3 is 2.33 bits per heavy atom. The monoisotopic (exact) mass is 248 g/mol. The minimum absolute atomic E-state index is 0.521. The van der Waals surface area contributed by atoms with Gasteiger partial charge in [0.15, 0.2) is 5.82 Å². The summed E-state index contributed by atoms with van der Waals surface area (Å²) in [4.78, 5) is 8.67. The summed E-state index contributed by atoms with van der Waals surface area (Å²) >= 11 is 0. The highest BCUT2D eigenvalue weighted by Gasteiger charge is 2.22. The lowest BCUT2D eigenvalue weighted by atomic mass is 10.4. The van der Waals surface area contributed by atoms with E-state index in [4.69, 9.17) is 9.47 Å². The summed E-state index contributed by atoms with van der Waals surface area (Å²) in [5.74, 6) is 2.35. The zero-order valence-electron chi connectivity index (χ0n) is 10.7. The van der Waals surface area contributed by atoms with Gasteiger partial charge in [-0.15, -0.1) is 0 Å². The van der Waals surface area contributed by atoms with Crippen LogP contribution in [0.15, 0.2) is 12.3 Å². The molecule has 0 atom stereocenters. The third-order valence-corrected chi connectivity index (χ3v) is 3.35. The average Bonchev–Trinajstić information content (AvgIpc) is 3.25. The maximum atomic E-state index is 5.62. The van der Waals surface area contributed by atoms with E-state index in [-0.39, 0.29) is 0 Å². The van der Waals surface area contributed by atoms with Crippen LogP contribution in [0.5, 0.6) is 0 Å². The van der Waals surface area contributed by atoms with Crippen molar-refractivity contribution in [3.63, 3.8) is 0 Å². The molecule has 3 rings (SSSR count). The molecule has 2 aliphatic carbocycles. The smallest absolute Gasteiger partial charge is 0.154 e. The Kier molecular flexibility index (Phi) is 3.86. The Bertz CT molecular complexity index is 356. The molecule has 1 aromatic heterocycles. The molecule has 0 N–H and O–H groups in total. The van der Waals surface area contributed by atoms with Crippen LogP contribution >= 0.6 is 0 Å². The lowest BCUT2D eigenvalue weighted by Gasteiger charge is -2.05. The summed E-state index contributed by atoms with van der Waals surface area (Å²) in [6.07, 6.45) is 7.07. The van der Waals surface area contributed by atoms with E-state index in [0.717, 1.165) is 36.6 Å². The van der Waals surface area contributed by atoms with E-state index in [9.17, 15) is 0 Å². The van der Waals surface area contributed by atoms with Crippen molar-refractivity contribution in [3.8, 4) is 0 Å². The Morgan fingerprint density at radius 2 is 1.67 bits per heavy atom. The van der Waals surface area contributed by atoms with Gasteiger partial charge < -0.3 is 9.47 Å². The predicted octanol–water partition coefficient (Wildman–Crippen LogP) is 2.33. The van der Waals surface area contributed by atoms with Crippen molar-refractivity contribution in [3.05, 3.63) is 23.8 Å². The van der Waals surface area contributed by atoms with E-state index in [2.05, 4.69) is 9.97 Å². The SMILES string of the molecule is c1cc(COCC2CC2)nc(COCC2CC2)n1. The molecule has 0 radical (unpaired) electrons. The average molecular weight is 248 g/mol. The zero-order valence-corrected chi connectivity index (χ0v) is 10.7. The van der Waals surface area contributed by atoms with Gasteiger partial charge >= 0.3 is 0 Å². The number of ether oxygens (including phenoxy) is 2. The molecule has 0 amide bonds. The van der Waals surface area contributed by atoms with Gasteiger partial charge in [-0.1, -0.05) is 0 Å². The van der Waals surface area contributed by atoms with Crippen LogP contribution in [-0.4, -0.2) is 23.2 Å². The Labute approximate surface area is 108 Å². The van der Waals surface area contributed by atoms with Crippen LogP contribution in [0.1, 0.15) is 37.2 Å². The van der Waals surface area contributed by atoms with Crippen molar-refractivity contribution in [2.45, 2.75) is 38.9 Å². The summed E-state index contributed by atoms with van der Waals surface area (Å²) in [6, 6.07) is 1.91. The third kappa shape index (κ3) is 4.03. The Morgan fingerprint density at radius 1 is 1.00 bits per heavy atom. The Balaban J connectivity index is 1.41. The molecule has 2 saturated carbocycles. The second-order valence-electron chi connectivity index (χ2n) is 5.38. The normalized spacial score (nSPS) is 19.1. The van der Waals surface area contributed by atoms with Gasteiger partial charge in [0.1, 0.15) is 6.61 Å². The second-order valence-corrected chi connectivity index (χ2v) is 5.38. The van der Waals surface area contributed by atoms with Crippen LogP contribution in [0.4, 0.5) is 0 Å². The fourth-order valence-electron chi connectivity index (χ4n) is 1.81. The molecule has 2 fully saturated rings. The minimum Gasteiger partial charge on any atom is -0.375 e. The van der Waals surface area contributed by atoms with Crippen molar-refractivity contribution in [2.24, 2.45) is 11.8 Å². The lowest BCUT2D eigenvalue weighted by Crippen LogP contribution is -2.05. The molecule has 4 nitrogen and oxygen atoms in total. The van der Waals surface area contributed by atoms with Crippen molar-refractivity contribution < 1.29 is 9.47 Å². The van der Waals surface area contributed by atoms with Crippen molar-refractivity contribution in [2.75, 3.05) is 13.2 Å². The van der Waals surface area contributed by atoms with E-state index in [1.807, 2.05) is 6.07 Å². The van der Waals surface area contributed by atoms with Gasteiger partial charge in [0, 0.05) is 19.4 Å². The van der Waals surface area contributed by atoms with E-state index in [1.165, 1.54) is 25.7 Å². The summed E-state index contributed by atoms with van der Waals surface area (Å²) in [7, 11) is 0. The molecule has 2 aliphatic rings. The first-order valence-corrected chi connectivity index (χ1v) is 6.86. The van der Waals surface area contributed by atoms with Crippen molar-refractivity contribution in [1.29, 1.82) is 0 Å². The highest BCUT2D eigenvalue weighted by molar-refractivity contribution is 5.00. The van der Waals surface area contributed by atoms with Crippen LogP contribution in [0.3, 0.4) is 0 Å². The number of rotatable bonds is 8. The van der Waals surface area contributed by atoms with E-state index >= 15 is 0 Å². The second kappa shape index (κ2) is 5.76. The molecule has 1 aromatic rings. The molecule has 1 heterocycles. The standard InChI is InChI=1S/C14H20N2O2/c1-2-11(1)7-17-9-13-5-6-15-14(16-13)10-18-8-12-3-4-12/h5-6,11-12H,1-4,7-10H2. The number of hydrogen-bond acceptors (Lipinski definition) is 4. The van der Waals surface area contributed by atoms with Crippen molar-refractivity contribution >= 4 is 0 Å². The van der Waals surface area contributed by atoms with Crippen LogP contribution in [0, 0.1) is 11.8 Å². The van der Waals surface area contributed by atoms with E-state index in [1.54, 1.807) is 6.20 Å². The lowest BCUT2D eigenvalue weighted by molar-refractivity contribution is 0.100. The largest absolute Gasteiger partial charge is 0.375 e. The van der Waals surface area contributed by atoms with Gasteiger partial charge in [0.2, 0.25) is 0 Å². The van der Waals surface area contributed by atoms with Crippen LogP contribution in [0.2, 0.25) is 0 Å². The van der Waals surface area contributed by atoms with Crippen LogP contribution in [-0.2, 0) is 22.7 Å². The summed E-state index contributed by atoms with van der Waals surface area (Å²) in [6.45, 7) is 2.84. The topological polar surface area (TPSA) is 44.2 Å². The molecule has 0 bridgehead atoms. The van der Waals surface area contributed by atoms with Gasteiger partial charge in [-0.2, -0.15) is 0 Å². The molecule has 4 heteroatoms. The fourth-order valence-corrected chi connectivity index (χ4v) is 1.81. The molecule has 0 unspecified atom stereocenters. The maximum Gasteiger partial charge on any atom is 0.154 e. The van der Waals surface area contributed by atoms with Gasteiger partial charge in [-0.3, -0.25) is 0 Å². The molecular weight excluding hydrogens is 228 g/mol. The Hall–Kier alpha value is -1.00. The van der Waals surface area contributed by atoms with Crippen LogP contribution in [0.25, 0.3) is 0 Å². The molecule has 98 valence electrons. The third-order valence-electron chi connectivity index (χ3n) is 3.35. The van der Waals surface area contributed by atoms with E-state index < -0.39 is 0 Å². The summed E-state index contributed by atoms with van der Waals surface area (Å²) in [5, 5.41) is 0. The molecule has 0 aromatic carbocycles. The van der Waals surface area contributed by atoms with E-state index in [0.29, 0.717) is 13.2 Å². The predicted molar refractivity (Wildman–Crippen MR) is 66.8 cm³/mol. The summed E-state index contributed by atoms with van der Waals surface area (Å²) < 4.78 is 11.2. The highest BCUT2D eigenvalue weighted by atomic mass is 16.5. The minimum atomic E-state index is 0.521. The number of nitrogens with zero attached hydrogens (tertiary/aromatic N) is 2. The van der Waals surface area contributed by atoms with Crippen molar-refractivity contribution in [1.82, 2.24) is 9.97 Å². The van der Waals surface area contributed by atoms with Crippen LogP contribution < -0.4 is 0 Å². The molecule has 18 heavy (non-hydrogen) atoms. The first-order valence-electron chi connectivity index (χ1n) is 6.86.